The molecule has 1 N–H and O–H groups in total. The maximum absolute atomic E-state index is 11.3. The molecule has 0 radical (unpaired) electrons. The van der Waals surface area contributed by atoms with E-state index >= 15 is 0 Å². The van der Waals surface area contributed by atoms with E-state index in [2.05, 4.69) is 20.0 Å². The average Bonchev–Trinajstić information content (AvgIpc) is 2.80. The number of hydrogen-bond acceptors (Lipinski definition) is 7. The van der Waals surface area contributed by atoms with Crippen molar-refractivity contribution in [3.63, 3.8) is 0 Å². The molecular formula is C25H39N5O3. The second-order valence-corrected chi connectivity index (χ2v) is 10.7. The van der Waals surface area contributed by atoms with Crippen LogP contribution in [0.4, 0.5) is 11.4 Å². The molecular weight excluding hydrogens is 418 g/mol. The van der Waals surface area contributed by atoms with Crippen molar-refractivity contribution in [2.75, 3.05) is 64.4 Å². The van der Waals surface area contributed by atoms with Gasteiger partial charge in [-0.2, -0.15) is 0 Å². The molecule has 8 heteroatoms. The van der Waals surface area contributed by atoms with Gasteiger partial charge in [0.15, 0.2) is 5.75 Å². The normalized spacial score (nSPS) is 25.2. The van der Waals surface area contributed by atoms with Gasteiger partial charge >= 0.3 is 5.69 Å². The Morgan fingerprint density at radius 1 is 0.970 bits per heavy atom. The minimum atomic E-state index is -0.358. The van der Waals surface area contributed by atoms with E-state index in [1.807, 2.05) is 13.0 Å². The van der Waals surface area contributed by atoms with E-state index in [-0.39, 0.29) is 10.6 Å². The highest BCUT2D eigenvalue weighted by Crippen LogP contribution is 2.44. The molecule has 4 saturated heterocycles. The number of benzene rings is 1. The molecule has 4 aliphatic rings. The molecule has 0 saturated carbocycles. The fourth-order valence-corrected chi connectivity index (χ4v) is 6.54. The van der Waals surface area contributed by atoms with Gasteiger partial charge in [-0.15, -0.1) is 0 Å². The van der Waals surface area contributed by atoms with Crippen LogP contribution in [0.5, 0.6) is 5.75 Å². The van der Waals surface area contributed by atoms with E-state index < -0.39 is 0 Å². The second kappa shape index (κ2) is 9.39. The highest BCUT2D eigenvalue weighted by molar-refractivity contribution is 5.64. The van der Waals surface area contributed by atoms with Crippen LogP contribution in [-0.2, 0) is 0 Å². The van der Waals surface area contributed by atoms with Crippen LogP contribution >= 0.6 is 0 Å². The van der Waals surface area contributed by atoms with Crippen molar-refractivity contribution >= 4 is 11.4 Å². The lowest BCUT2D eigenvalue weighted by molar-refractivity contribution is -0.385. The van der Waals surface area contributed by atoms with Gasteiger partial charge in [-0.05, 0) is 69.5 Å². The molecule has 1 aromatic rings. The van der Waals surface area contributed by atoms with Crippen LogP contribution in [-0.4, -0.2) is 86.3 Å². The Labute approximate surface area is 197 Å². The van der Waals surface area contributed by atoms with Gasteiger partial charge in [0.25, 0.3) is 0 Å². The molecule has 4 heterocycles. The van der Waals surface area contributed by atoms with Gasteiger partial charge in [-0.3, -0.25) is 15.0 Å². The Kier molecular flexibility index (Phi) is 6.51. The van der Waals surface area contributed by atoms with E-state index in [0.29, 0.717) is 11.2 Å². The number of hydrogen-bond donors (Lipinski definition) is 1. The van der Waals surface area contributed by atoms with Crippen LogP contribution < -0.4 is 15.0 Å². The summed E-state index contributed by atoms with van der Waals surface area (Å²) in [5, 5.41) is 14.7. The number of rotatable bonds is 5. The van der Waals surface area contributed by atoms with Crippen molar-refractivity contribution in [2.45, 2.75) is 57.5 Å². The monoisotopic (exact) mass is 457 g/mol. The summed E-state index contributed by atoms with van der Waals surface area (Å²) in [5.41, 5.74) is 2.56. The van der Waals surface area contributed by atoms with E-state index in [1.165, 1.54) is 84.9 Å². The molecule has 0 atom stereocenters. The first kappa shape index (κ1) is 22.9. The number of aryl methyl sites for hydroxylation is 1. The molecule has 4 aliphatic heterocycles. The van der Waals surface area contributed by atoms with Crippen molar-refractivity contribution < 1.29 is 9.66 Å². The molecule has 182 valence electrons. The first-order valence-corrected chi connectivity index (χ1v) is 12.7. The Morgan fingerprint density at radius 2 is 1.58 bits per heavy atom. The van der Waals surface area contributed by atoms with Gasteiger partial charge in [-0.25, -0.2) is 0 Å². The van der Waals surface area contributed by atoms with Crippen LogP contribution in [0.2, 0.25) is 0 Å². The van der Waals surface area contributed by atoms with Crippen molar-refractivity contribution in [3.05, 3.63) is 27.8 Å². The number of anilines is 1. The minimum Gasteiger partial charge on any atom is -0.490 e. The molecule has 8 nitrogen and oxygen atoms in total. The van der Waals surface area contributed by atoms with E-state index in [1.54, 1.807) is 6.07 Å². The standard InChI is InChI=1S/C25H39N5O3/c1-19-15-23(30(31)32)24(33-2)16-22(19)29-13-7-25(8-14-29)5-11-28(12-6-25)20-3-9-27(10-4-20)21-17-26-18-21/h15-16,20-21,26H,3-14,17-18H2,1-2H3. The van der Waals surface area contributed by atoms with Gasteiger partial charge in [0.1, 0.15) is 0 Å². The summed E-state index contributed by atoms with van der Waals surface area (Å²) in [5.74, 6) is 0.355. The van der Waals surface area contributed by atoms with Gasteiger partial charge in [0, 0.05) is 69.2 Å². The lowest BCUT2D eigenvalue weighted by Gasteiger charge is -2.50. The highest BCUT2D eigenvalue weighted by atomic mass is 16.6. The fourth-order valence-electron chi connectivity index (χ4n) is 6.54. The predicted molar refractivity (Wildman–Crippen MR) is 130 cm³/mol. The summed E-state index contributed by atoms with van der Waals surface area (Å²) in [6.45, 7) is 11.4. The maximum atomic E-state index is 11.3. The molecule has 33 heavy (non-hydrogen) atoms. The Bertz CT molecular complexity index is 848. The maximum Gasteiger partial charge on any atom is 0.311 e. The van der Waals surface area contributed by atoms with E-state index in [0.717, 1.165) is 36.4 Å². The van der Waals surface area contributed by atoms with Crippen molar-refractivity contribution in [3.8, 4) is 5.75 Å². The van der Waals surface area contributed by atoms with Crippen LogP contribution in [0.3, 0.4) is 0 Å². The number of piperidine rings is 3. The lowest BCUT2D eigenvalue weighted by atomic mass is 9.70. The predicted octanol–water partition coefficient (Wildman–Crippen LogP) is 3.03. The third-order valence-electron chi connectivity index (χ3n) is 9.01. The summed E-state index contributed by atoms with van der Waals surface area (Å²) in [6, 6.07) is 5.09. The molecule has 5 rings (SSSR count). The number of nitro benzene ring substituents is 1. The van der Waals surface area contributed by atoms with Crippen LogP contribution in [0.15, 0.2) is 12.1 Å². The van der Waals surface area contributed by atoms with Crippen molar-refractivity contribution in [2.24, 2.45) is 5.41 Å². The first-order chi connectivity index (χ1) is 16.0. The molecule has 1 spiro atoms. The zero-order valence-corrected chi connectivity index (χ0v) is 20.2. The number of methoxy groups -OCH3 is 1. The topological polar surface area (TPSA) is 74.1 Å². The number of nitro groups is 1. The lowest BCUT2D eigenvalue weighted by Crippen LogP contribution is -2.60. The highest BCUT2D eigenvalue weighted by Gasteiger charge is 2.40. The Balaban J connectivity index is 1.14. The fraction of sp³-hybridized carbons (Fsp3) is 0.760. The summed E-state index contributed by atoms with van der Waals surface area (Å²) < 4.78 is 5.32. The Morgan fingerprint density at radius 3 is 2.12 bits per heavy atom. The SMILES string of the molecule is COc1cc(N2CCC3(CC2)CCN(C2CCN(C4CNC4)CC2)CC3)c(C)cc1[N+](=O)[O-]. The smallest absolute Gasteiger partial charge is 0.311 e. The molecule has 0 bridgehead atoms. The number of nitrogens with zero attached hydrogens (tertiary/aromatic N) is 4. The van der Waals surface area contributed by atoms with Gasteiger partial charge < -0.3 is 19.9 Å². The number of nitrogens with one attached hydrogen (secondary N) is 1. The summed E-state index contributed by atoms with van der Waals surface area (Å²) >= 11 is 0. The molecule has 0 aliphatic carbocycles. The molecule has 0 unspecified atom stereocenters. The van der Waals surface area contributed by atoms with Gasteiger partial charge in [-0.1, -0.05) is 0 Å². The van der Waals surface area contributed by atoms with Gasteiger partial charge in [0.05, 0.1) is 12.0 Å². The van der Waals surface area contributed by atoms with Gasteiger partial charge in [0.2, 0.25) is 0 Å². The Hall–Kier alpha value is -1.90. The van der Waals surface area contributed by atoms with Crippen LogP contribution in [0.25, 0.3) is 0 Å². The summed E-state index contributed by atoms with van der Waals surface area (Å²) in [6.07, 6.45) is 7.73. The largest absolute Gasteiger partial charge is 0.490 e. The van der Waals surface area contributed by atoms with Crippen LogP contribution in [0, 0.1) is 22.5 Å². The molecule has 4 fully saturated rings. The summed E-state index contributed by atoms with van der Waals surface area (Å²) in [7, 11) is 1.51. The first-order valence-electron chi connectivity index (χ1n) is 12.7. The third kappa shape index (κ3) is 4.57. The van der Waals surface area contributed by atoms with Crippen molar-refractivity contribution in [1.29, 1.82) is 0 Å². The molecule has 0 aromatic heterocycles. The third-order valence-corrected chi connectivity index (χ3v) is 9.01. The molecule has 1 aromatic carbocycles. The quantitative estimate of drug-likeness (QED) is 0.538. The number of likely N-dealkylation sites (tertiary alicyclic amines) is 2. The zero-order chi connectivity index (χ0) is 23.0. The number of ether oxygens (including phenoxy) is 1. The van der Waals surface area contributed by atoms with E-state index in [9.17, 15) is 10.1 Å². The second-order valence-electron chi connectivity index (χ2n) is 10.7. The summed E-state index contributed by atoms with van der Waals surface area (Å²) in [4.78, 5) is 18.9. The minimum absolute atomic E-state index is 0.0507. The van der Waals surface area contributed by atoms with Crippen LogP contribution in [0.1, 0.15) is 44.1 Å². The van der Waals surface area contributed by atoms with E-state index in [4.69, 9.17) is 4.74 Å². The zero-order valence-electron chi connectivity index (χ0n) is 20.2. The van der Waals surface area contributed by atoms with Crippen molar-refractivity contribution in [1.82, 2.24) is 15.1 Å². The molecule has 0 amide bonds. The average molecular weight is 458 g/mol.